The predicted molar refractivity (Wildman–Crippen MR) is 81.7 cm³/mol. The number of benzene rings is 1. The van der Waals surface area contributed by atoms with Crippen LogP contribution in [0.25, 0.3) is 0 Å². The van der Waals surface area contributed by atoms with E-state index in [4.69, 9.17) is 16.7 Å². The predicted octanol–water partition coefficient (Wildman–Crippen LogP) is 2.11. The maximum atomic E-state index is 12.5. The second kappa shape index (κ2) is 5.94. The molecule has 5 nitrogen and oxygen atoms in total. The Kier molecular flexibility index (Phi) is 4.60. The standard InChI is InChI=1S/C14H19ClN2O3S/c1-9(2)11-5-6-17(8-11)14(18)10-3-4-12(15)13(7-10)21(16,19)20/h3-4,7,9,11H,5-6,8H2,1-2H3,(H2,16,19,20). The van der Waals surface area contributed by atoms with Crippen LogP contribution in [0.5, 0.6) is 0 Å². The molecular formula is C14H19ClN2O3S. The van der Waals surface area contributed by atoms with Crippen LogP contribution in [0.15, 0.2) is 23.1 Å². The number of primary sulfonamides is 1. The van der Waals surface area contributed by atoms with Crippen LogP contribution >= 0.6 is 11.6 Å². The summed E-state index contributed by atoms with van der Waals surface area (Å²) in [5.41, 5.74) is 0.299. The summed E-state index contributed by atoms with van der Waals surface area (Å²) in [6.07, 6.45) is 0.971. The topological polar surface area (TPSA) is 80.5 Å². The summed E-state index contributed by atoms with van der Waals surface area (Å²) >= 11 is 5.83. The molecule has 1 fully saturated rings. The van der Waals surface area contributed by atoms with Gasteiger partial charge >= 0.3 is 0 Å². The lowest BCUT2D eigenvalue weighted by Crippen LogP contribution is -2.29. The van der Waals surface area contributed by atoms with E-state index in [0.29, 0.717) is 30.5 Å². The number of hydrogen-bond donors (Lipinski definition) is 1. The van der Waals surface area contributed by atoms with Crippen LogP contribution in [0.4, 0.5) is 0 Å². The molecule has 1 aromatic carbocycles. The van der Waals surface area contributed by atoms with E-state index in [9.17, 15) is 13.2 Å². The fourth-order valence-corrected chi connectivity index (χ4v) is 3.62. The molecule has 1 unspecified atom stereocenters. The zero-order valence-corrected chi connectivity index (χ0v) is 13.6. The molecule has 1 aromatic rings. The van der Waals surface area contributed by atoms with Gasteiger partial charge in [0.2, 0.25) is 10.0 Å². The summed E-state index contributed by atoms with van der Waals surface area (Å²) in [5, 5.41) is 5.13. The quantitative estimate of drug-likeness (QED) is 0.921. The molecule has 1 atom stereocenters. The highest BCUT2D eigenvalue weighted by molar-refractivity contribution is 7.89. The van der Waals surface area contributed by atoms with Gasteiger partial charge < -0.3 is 4.90 Å². The minimum Gasteiger partial charge on any atom is -0.338 e. The average molecular weight is 331 g/mol. The number of carbonyl (C=O) groups is 1. The number of sulfonamides is 1. The van der Waals surface area contributed by atoms with Gasteiger partial charge in [0, 0.05) is 18.7 Å². The third-order valence-corrected chi connectivity index (χ3v) is 5.33. The molecule has 1 aliphatic rings. The van der Waals surface area contributed by atoms with Gasteiger partial charge in [-0.15, -0.1) is 0 Å². The Bertz CT molecular complexity index is 658. The molecule has 0 saturated carbocycles. The number of carbonyl (C=O) groups excluding carboxylic acids is 1. The Morgan fingerprint density at radius 2 is 2.10 bits per heavy atom. The Morgan fingerprint density at radius 3 is 2.62 bits per heavy atom. The second-order valence-corrected chi connectivity index (χ2v) is 7.67. The van der Waals surface area contributed by atoms with Gasteiger partial charge in [-0.3, -0.25) is 4.79 Å². The Hall–Kier alpha value is -1.11. The van der Waals surface area contributed by atoms with Crippen molar-refractivity contribution in [2.24, 2.45) is 17.0 Å². The van der Waals surface area contributed by atoms with Crippen molar-refractivity contribution in [2.75, 3.05) is 13.1 Å². The van der Waals surface area contributed by atoms with Gasteiger partial charge in [0.25, 0.3) is 5.91 Å². The molecule has 7 heteroatoms. The highest BCUT2D eigenvalue weighted by Gasteiger charge is 2.29. The molecule has 2 N–H and O–H groups in total. The van der Waals surface area contributed by atoms with Gasteiger partial charge in [-0.25, -0.2) is 13.6 Å². The maximum Gasteiger partial charge on any atom is 0.253 e. The monoisotopic (exact) mass is 330 g/mol. The minimum atomic E-state index is -3.94. The lowest BCUT2D eigenvalue weighted by Gasteiger charge is -2.18. The van der Waals surface area contributed by atoms with Crippen molar-refractivity contribution < 1.29 is 13.2 Å². The van der Waals surface area contributed by atoms with Crippen LogP contribution in [0.1, 0.15) is 30.6 Å². The zero-order valence-electron chi connectivity index (χ0n) is 12.0. The van der Waals surface area contributed by atoms with E-state index in [0.717, 1.165) is 6.42 Å². The maximum absolute atomic E-state index is 12.5. The first-order valence-corrected chi connectivity index (χ1v) is 8.74. The number of nitrogens with two attached hydrogens (primary N) is 1. The van der Waals surface area contributed by atoms with Gasteiger partial charge in [-0.1, -0.05) is 25.4 Å². The molecule has 1 aliphatic heterocycles. The molecule has 0 aromatic heterocycles. The number of amides is 1. The van der Waals surface area contributed by atoms with Crippen LogP contribution in [0.2, 0.25) is 5.02 Å². The molecular weight excluding hydrogens is 312 g/mol. The number of hydrogen-bond acceptors (Lipinski definition) is 3. The smallest absolute Gasteiger partial charge is 0.253 e. The molecule has 0 radical (unpaired) electrons. The van der Waals surface area contributed by atoms with E-state index in [1.54, 1.807) is 4.90 Å². The van der Waals surface area contributed by atoms with Crippen LogP contribution in [0, 0.1) is 11.8 Å². The largest absolute Gasteiger partial charge is 0.338 e. The highest BCUT2D eigenvalue weighted by Crippen LogP contribution is 2.27. The summed E-state index contributed by atoms with van der Waals surface area (Å²) in [4.78, 5) is 14.0. The van der Waals surface area contributed by atoms with Gasteiger partial charge in [-0.05, 0) is 36.5 Å². The lowest BCUT2D eigenvalue weighted by atomic mass is 9.95. The van der Waals surface area contributed by atoms with Gasteiger partial charge in [0.05, 0.1) is 5.02 Å². The summed E-state index contributed by atoms with van der Waals surface area (Å²) in [5.74, 6) is 0.826. The van der Waals surface area contributed by atoms with Crippen molar-refractivity contribution in [3.8, 4) is 0 Å². The van der Waals surface area contributed by atoms with Crippen LogP contribution < -0.4 is 5.14 Å². The number of rotatable bonds is 3. The van der Waals surface area contributed by atoms with Crippen LogP contribution in [-0.4, -0.2) is 32.3 Å². The molecule has 0 bridgehead atoms. The third kappa shape index (κ3) is 3.56. The van der Waals surface area contributed by atoms with Crippen molar-refractivity contribution in [1.82, 2.24) is 4.90 Å². The Labute approximate surface area is 130 Å². The average Bonchev–Trinajstić information content (AvgIpc) is 2.86. The van der Waals surface area contributed by atoms with E-state index < -0.39 is 10.0 Å². The van der Waals surface area contributed by atoms with Gasteiger partial charge in [0.1, 0.15) is 4.90 Å². The van der Waals surface area contributed by atoms with E-state index >= 15 is 0 Å². The molecule has 1 saturated heterocycles. The van der Waals surface area contributed by atoms with Gasteiger partial charge in [0.15, 0.2) is 0 Å². The number of halogens is 1. The molecule has 0 spiro atoms. The van der Waals surface area contributed by atoms with E-state index in [-0.39, 0.29) is 15.8 Å². The first kappa shape index (κ1) is 16.3. The van der Waals surface area contributed by atoms with Crippen molar-refractivity contribution in [3.05, 3.63) is 28.8 Å². The molecule has 2 rings (SSSR count). The Morgan fingerprint density at radius 1 is 1.43 bits per heavy atom. The lowest BCUT2D eigenvalue weighted by molar-refractivity contribution is 0.0784. The highest BCUT2D eigenvalue weighted by atomic mass is 35.5. The molecule has 21 heavy (non-hydrogen) atoms. The normalized spacial score (nSPS) is 19.3. The van der Waals surface area contributed by atoms with Crippen LogP contribution in [-0.2, 0) is 10.0 Å². The van der Waals surface area contributed by atoms with E-state index in [2.05, 4.69) is 13.8 Å². The summed E-state index contributed by atoms with van der Waals surface area (Å²) in [6, 6.07) is 4.18. The van der Waals surface area contributed by atoms with Crippen LogP contribution in [0.3, 0.4) is 0 Å². The third-order valence-electron chi connectivity index (χ3n) is 3.94. The summed E-state index contributed by atoms with van der Waals surface area (Å²) < 4.78 is 22.9. The molecule has 1 amide bonds. The molecule has 1 heterocycles. The number of likely N-dealkylation sites (tertiary alicyclic amines) is 1. The fourth-order valence-electron chi connectivity index (χ4n) is 2.55. The van der Waals surface area contributed by atoms with E-state index in [1.807, 2.05) is 0 Å². The second-order valence-electron chi connectivity index (χ2n) is 5.73. The number of nitrogens with zero attached hydrogens (tertiary/aromatic N) is 1. The van der Waals surface area contributed by atoms with Gasteiger partial charge in [-0.2, -0.15) is 0 Å². The molecule has 116 valence electrons. The van der Waals surface area contributed by atoms with E-state index in [1.165, 1.54) is 18.2 Å². The summed E-state index contributed by atoms with van der Waals surface area (Å²) in [7, 11) is -3.94. The van der Waals surface area contributed by atoms with Crippen molar-refractivity contribution in [3.63, 3.8) is 0 Å². The SMILES string of the molecule is CC(C)C1CCN(C(=O)c2ccc(Cl)c(S(N)(=O)=O)c2)C1. The van der Waals surface area contributed by atoms with Crippen molar-refractivity contribution in [1.29, 1.82) is 0 Å². The molecule has 0 aliphatic carbocycles. The minimum absolute atomic E-state index is 0.0236. The summed E-state index contributed by atoms with van der Waals surface area (Å²) in [6.45, 7) is 5.67. The van der Waals surface area contributed by atoms with Crippen molar-refractivity contribution in [2.45, 2.75) is 25.2 Å². The Balaban J connectivity index is 2.25. The first-order chi connectivity index (χ1) is 9.70. The zero-order chi connectivity index (χ0) is 15.8. The van der Waals surface area contributed by atoms with Crippen molar-refractivity contribution >= 4 is 27.5 Å². The fraction of sp³-hybridized carbons (Fsp3) is 0.500. The first-order valence-electron chi connectivity index (χ1n) is 6.81.